The molecule has 1 aromatic heterocycles. The number of hydrogen-bond acceptors (Lipinski definition) is 5. The molecule has 0 atom stereocenters. The number of nitriles is 1. The Hall–Kier alpha value is -2.88. The zero-order valence-electron chi connectivity index (χ0n) is 10.9. The number of hydrogen-bond donors (Lipinski definition) is 1. The van der Waals surface area contributed by atoms with Crippen molar-refractivity contribution in [2.75, 3.05) is 11.9 Å². The summed E-state index contributed by atoms with van der Waals surface area (Å²) < 4.78 is 1.75. The van der Waals surface area contributed by atoms with Crippen LogP contribution in [0.4, 0.5) is 11.4 Å². The van der Waals surface area contributed by atoms with Gasteiger partial charge in [0.15, 0.2) is 0 Å². The van der Waals surface area contributed by atoms with Gasteiger partial charge in [-0.1, -0.05) is 6.07 Å². The third kappa shape index (κ3) is 2.75. The fourth-order valence-corrected chi connectivity index (χ4v) is 1.94. The summed E-state index contributed by atoms with van der Waals surface area (Å²) in [4.78, 5) is 10.5. The first-order valence-electron chi connectivity index (χ1n) is 6.01. The van der Waals surface area contributed by atoms with Crippen molar-refractivity contribution in [1.29, 1.82) is 5.26 Å². The number of nitrogens with zero attached hydrogens (tertiary/aromatic N) is 4. The Morgan fingerprint density at radius 2 is 2.30 bits per heavy atom. The Morgan fingerprint density at radius 1 is 1.50 bits per heavy atom. The highest BCUT2D eigenvalue weighted by atomic mass is 16.6. The number of para-hydroxylation sites is 1. The second kappa shape index (κ2) is 5.84. The maximum Gasteiger partial charge on any atom is 0.309 e. The second-order valence-electron chi connectivity index (χ2n) is 4.19. The Morgan fingerprint density at radius 3 is 2.90 bits per heavy atom. The van der Waals surface area contributed by atoms with Crippen molar-refractivity contribution in [3.8, 4) is 6.07 Å². The van der Waals surface area contributed by atoms with Crippen molar-refractivity contribution in [1.82, 2.24) is 9.78 Å². The van der Waals surface area contributed by atoms with E-state index in [0.29, 0.717) is 18.7 Å². The van der Waals surface area contributed by atoms with Crippen molar-refractivity contribution < 1.29 is 4.92 Å². The minimum atomic E-state index is -0.537. The van der Waals surface area contributed by atoms with Crippen molar-refractivity contribution in [3.05, 3.63) is 51.8 Å². The van der Waals surface area contributed by atoms with Crippen LogP contribution < -0.4 is 5.32 Å². The zero-order valence-corrected chi connectivity index (χ0v) is 10.9. The van der Waals surface area contributed by atoms with Gasteiger partial charge in [-0.3, -0.25) is 14.8 Å². The third-order valence-corrected chi connectivity index (χ3v) is 2.96. The van der Waals surface area contributed by atoms with E-state index in [1.807, 2.05) is 19.2 Å². The molecule has 0 aliphatic heterocycles. The van der Waals surface area contributed by atoms with Gasteiger partial charge in [-0.25, -0.2) is 0 Å². The standard InChI is InChI=1S/C13H13N5O2/c1-17-11(6-8-16-17)5-7-15-12-4-2-3-10(9-14)13(12)18(19)20/h2-4,6,8,15H,5,7H2,1H3. The van der Waals surface area contributed by atoms with E-state index in [9.17, 15) is 10.1 Å². The van der Waals surface area contributed by atoms with Crippen LogP contribution in [0.3, 0.4) is 0 Å². The molecule has 0 amide bonds. The lowest BCUT2D eigenvalue weighted by atomic mass is 10.1. The van der Waals surface area contributed by atoms with Crippen LogP contribution in [-0.4, -0.2) is 21.2 Å². The van der Waals surface area contributed by atoms with Crippen LogP contribution in [0.25, 0.3) is 0 Å². The molecule has 1 N–H and O–H groups in total. The van der Waals surface area contributed by atoms with Gasteiger partial charge in [-0.15, -0.1) is 0 Å². The van der Waals surface area contributed by atoms with Crippen LogP contribution in [0.1, 0.15) is 11.3 Å². The summed E-state index contributed by atoms with van der Waals surface area (Å²) >= 11 is 0. The molecule has 0 unspecified atom stereocenters. The number of anilines is 1. The first-order chi connectivity index (χ1) is 9.63. The Labute approximate surface area is 115 Å². The lowest BCUT2D eigenvalue weighted by Gasteiger charge is -2.08. The van der Waals surface area contributed by atoms with E-state index in [0.717, 1.165) is 5.69 Å². The monoisotopic (exact) mass is 271 g/mol. The maximum absolute atomic E-state index is 11.0. The van der Waals surface area contributed by atoms with E-state index < -0.39 is 4.92 Å². The minimum absolute atomic E-state index is 0.0560. The molecule has 102 valence electrons. The van der Waals surface area contributed by atoms with Gasteiger partial charge < -0.3 is 5.32 Å². The highest BCUT2D eigenvalue weighted by Gasteiger charge is 2.19. The Balaban J connectivity index is 2.12. The largest absolute Gasteiger partial charge is 0.379 e. The smallest absolute Gasteiger partial charge is 0.309 e. The first kappa shape index (κ1) is 13.5. The summed E-state index contributed by atoms with van der Waals surface area (Å²) in [5.74, 6) is 0. The van der Waals surface area contributed by atoms with E-state index in [1.165, 1.54) is 6.07 Å². The first-order valence-corrected chi connectivity index (χ1v) is 6.01. The molecule has 0 aliphatic carbocycles. The quantitative estimate of drug-likeness (QED) is 0.661. The van der Waals surface area contributed by atoms with Crippen LogP contribution in [0.5, 0.6) is 0 Å². The van der Waals surface area contributed by atoms with Crippen molar-refractivity contribution in [3.63, 3.8) is 0 Å². The molecular weight excluding hydrogens is 258 g/mol. The Bertz CT molecular complexity index is 672. The molecule has 0 radical (unpaired) electrons. The summed E-state index contributed by atoms with van der Waals surface area (Å²) in [5.41, 5.74) is 1.26. The van der Waals surface area contributed by atoms with Crippen LogP contribution in [0.2, 0.25) is 0 Å². The highest BCUT2D eigenvalue weighted by molar-refractivity contribution is 5.68. The number of nitro groups is 1. The third-order valence-electron chi connectivity index (χ3n) is 2.96. The molecule has 2 rings (SSSR count). The molecule has 0 spiro atoms. The molecule has 1 heterocycles. The van der Waals surface area contributed by atoms with Crippen LogP contribution in [-0.2, 0) is 13.5 Å². The Kier molecular flexibility index (Phi) is 3.96. The molecule has 1 aromatic carbocycles. The van der Waals surface area contributed by atoms with Crippen LogP contribution >= 0.6 is 0 Å². The zero-order chi connectivity index (χ0) is 14.5. The highest BCUT2D eigenvalue weighted by Crippen LogP contribution is 2.27. The normalized spacial score (nSPS) is 10.0. The molecule has 7 nitrogen and oxygen atoms in total. The van der Waals surface area contributed by atoms with Crippen LogP contribution in [0.15, 0.2) is 30.5 Å². The van der Waals surface area contributed by atoms with Gasteiger partial charge in [0.2, 0.25) is 0 Å². The van der Waals surface area contributed by atoms with E-state index >= 15 is 0 Å². The second-order valence-corrected chi connectivity index (χ2v) is 4.19. The number of rotatable bonds is 5. The number of aryl methyl sites for hydroxylation is 1. The molecule has 0 aliphatic rings. The van der Waals surface area contributed by atoms with E-state index in [2.05, 4.69) is 10.4 Å². The molecule has 2 aromatic rings. The van der Waals surface area contributed by atoms with Gasteiger partial charge in [0.05, 0.1) is 4.92 Å². The molecule has 0 bridgehead atoms. The number of benzene rings is 1. The lowest BCUT2D eigenvalue weighted by molar-refractivity contribution is -0.384. The number of aromatic nitrogens is 2. The molecule has 0 saturated carbocycles. The van der Waals surface area contributed by atoms with Crippen LogP contribution in [0, 0.1) is 21.4 Å². The van der Waals surface area contributed by atoms with Gasteiger partial charge in [-0.2, -0.15) is 10.4 Å². The molecular formula is C13H13N5O2. The van der Waals surface area contributed by atoms with Gasteiger partial charge in [0, 0.05) is 31.9 Å². The van der Waals surface area contributed by atoms with Gasteiger partial charge >= 0.3 is 5.69 Å². The predicted octanol–water partition coefficient (Wildman–Crippen LogP) is 1.85. The fraction of sp³-hybridized carbons (Fsp3) is 0.231. The summed E-state index contributed by atoms with van der Waals surface area (Å²) in [6, 6.07) is 8.38. The SMILES string of the molecule is Cn1nccc1CCNc1cccc(C#N)c1[N+](=O)[O-]. The summed E-state index contributed by atoms with van der Waals surface area (Å²) in [7, 11) is 1.84. The fourth-order valence-electron chi connectivity index (χ4n) is 1.94. The van der Waals surface area contributed by atoms with Crippen molar-refractivity contribution >= 4 is 11.4 Å². The average Bonchev–Trinajstić information content (AvgIpc) is 2.84. The summed E-state index contributed by atoms with van der Waals surface area (Å²) in [6.07, 6.45) is 2.39. The van der Waals surface area contributed by atoms with E-state index in [1.54, 1.807) is 23.0 Å². The molecule has 0 saturated heterocycles. The van der Waals surface area contributed by atoms with Gasteiger partial charge in [0.1, 0.15) is 17.3 Å². The number of nitro benzene ring substituents is 1. The van der Waals surface area contributed by atoms with E-state index in [4.69, 9.17) is 5.26 Å². The van der Waals surface area contributed by atoms with Crippen molar-refractivity contribution in [2.24, 2.45) is 7.05 Å². The van der Waals surface area contributed by atoms with E-state index in [-0.39, 0.29) is 11.3 Å². The molecule has 20 heavy (non-hydrogen) atoms. The van der Waals surface area contributed by atoms with Gasteiger partial charge in [0.25, 0.3) is 0 Å². The predicted molar refractivity (Wildman–Crippen MR) is 73.2 cm³/mol. The molecule has 7 heteroatoms. The van der Waals surface area contributed by atoms with Crippen molar-refractivity contribution in [2.45, 2.75) is 6.42 Å². The summed E-state index contributed by atoms with van der Waals surface area (Å²) in [6.45, 7) is 0.523. The topological polar surface area (TPSA) is 96.8 Å². The van der Waals surface area contributed by atoms with Gasteiger partial charge in [-0.05, 0) is 18.2 Å². The molecule has 0 fully saturated rings. The average molecular weight is 271 g/mol. The maximum atomic E-state index is 11.0. The number of nitrogens with one attached hydrogen (secondary N) is 1. The lowest BCUT2D eigenvalue weighted by Crippen LogP contribution is -2.10. The summed E-state index contributed by atoms with van der Waals surface area (Å²) in [5, 5.41) is 27.0. The minimum Gasteiger partial charge on any atom is -0.379 e.